The van der Waals surface area contributed by atoms with Crippen LogP contribution >= 0.6 is 0 Å². The minimum absolute atomic E-state index is 0.189. The van der Waals surface area contributed by atoms with Crippen molar-refractivity contribution in [2.45, 2.75) is 77.9 Å². The van der Waals surface area contributed by atoms with Crippen molar-refractivity contribution in [1.82, 2.24) is 5.32 Å². The number of rotatable bonds is 5. The highest BCUT2D eigenvalue weighted by molar-refractivity contribution is 4.88. The van der Waals surface area contributed by atoms with Gasteiger partial charge in [0.25, 0.3) is 0 Å². The van der Waals surface area contributed by atoms with Gasteiger partial charge in [0.05, 0.1) is 6.10 Å². The van der Waals surface area contributed by atoms with E-state index in [1.54, 1.807) is 0 Å². The first-order chi connectivity index (χ1) is 8.44. The Hall–Kier alpha value is -0.0800. The zero-order chi connectivity index (χ0) is 13.2. The van der Waals surface area contributed by atoms with Crippen LogP contribution in [0.3, 0.4) is 0 Å². The van der Waals surface area contributed by atoms with Gasteiger partial charge in [-0.15, -0.1) is 0 Å². The molecule has 2 saturated carbocycles. The first kappa shape index (κ1) is 14.3. The molecule has 18 heavy (non-hydrogen) atoms. The molecule has 2 aliphatic carbocycles. The van der Waals surface area contributed by atoms with Crippen LogP contribution in [0, 0.1) is 17.3 Å². The molecular weight excluding hydrogens is 222 g/mol. The minimum atomic E-state index is -0.189. The second kappa shape index (κ2) is 5.92. The summed E-state index contributed by atoms with van der Waals surface area (Å²) in [6.07, 6.45) is 9.15. The van der Waals surface area contributed by atoms with Gasteiger partial charge in [-0.3, -0.25) is 0 Å². The summed E-state index contributed by atoms with van der Waals surface area (Å²) in [5.74, 6) is 2.03. The van der Waals surface area contributed by atoms with Crippen molar-refractivity contribution in [2.75, 3.05) is 6.54 Å². The van der Waals surface area contributed by atoms with Gasteiger partial charge in [-0.05, 0) is 49.4 Å². The maximum atomic E-state index is 10.0. The third kappa shape index (κ3) is 4.89. The highest BCUT2D eigenvalue weighted by Crippen LogP contribution is 2.43. The molecule has 0 aliphatic heterocycles. The van der Waals surface area contributed by atoms with Crippen LogP contribution < -0.4 is 5.32 Å². The summed E-state index contributed by atoms with van der Waals surface area (Å²) >= 11 is 0. The van der Waals surface area contributed by atoms with Crippen molar-refractivity contribution in [3.63, 3.8) is 0 Å². The van der Waals surface area contributed by atoms with Crippen molar-refractivity contribution in [2.24, 2.45) is 17.3 Å². The Morgan fingerprint density at radius 2 is 1.83 bits per heavy atom. The molecule has 3 unspecified atom stereocenters. The Morgan fingerprint density at radius 3 is 2.44 bits per heavy atom. The van der Waals surface area contributed by atoms with Gasteiger partial charge < -0.3 is 10.4 Å². The highest BCUT2D eigenvalue weighted by atomic mass is 16.3. The molecule has 0 aromatic heterocycles. The molecule has 2 fully saturated rings. The summed E-state index contributed by atoms with van der Waals surface area (Å²) in [6.45, 7) is 7.36. The number of hydrogen-bond donors (Lipinski definition) is 2. The average Bonchev–Trinajstić information content (AvgIpc) is 3.08. The quantitative estimate of drug-likeness (QED) is 0.787. The lowest BCUT2D eigenvalue weighted by Gasteiger charge is -2.31. The lowest BCUT2D eigenvalue weighted by molar-refractivity contribution is 0.111. The van der Waals surface area contributed by atoms with Crippen LogP contribution in [-0.4, -0.2) is 23.8 Å². The zero-order valence-electron chi connectivity index (χ0n) is 12.4. The lowest BCUT2D eigenvalue weighted by Crippen LogP contribution is -2.40. The molecule has 0 heterocycles. The second-order valence-electron chi connectivity index (χ2n) is 7.79. The van der Waals surface area contributed by atoms with Gasteiger partial charge in [0.15, 0.2) is 0 Å². The standard InChI is InChI=1S/C16H31NO/c1-16(2,3)10-15(18)11-17-14-6-4-5-13(9-14)12-7-8-12/h12-15,17-18H,4-11H2,1-3H3. The molecule has 2 N–H and O–H groups in total. The maximum absolute atomic E-state index is 10.0. The fourth-order valence-corrected chi connectivity index (χ4v) is 3.49. The van der Waals surface area contributed by atoms with Gasteiger partial charge in [0, 0.05) is 12.6 Å². The van der Waals surface area contributed by atoms with Crippen LogP contribution in [-0.2, 0) is 0 Å². The smallest absolute Gasteiger partial charge is 0.0669 e. The largest absolute Gasteiger partial charge is 0.392 e. The van der Waals surface area contributed by atoms with Gasteiger partial charge in [0.2, 0.25) is 0 Å². The SMILES string of the molecule is CC(C)(C)CC(O)CNC1CCCC(C2CC2)C1. The van der Waals surface area contributed by atoms with Crippen molar-refractivity contribution >= 4 is 0 Å². The summed E-state index contributed by atoms with van der Waals surface area (Å²) in [6, 6.07) is 0.666. The van der Waals surface area contributed by atoms with Gasteiger partial charge in [0.1, 0.15) is 0 Å². The fourth-order valence-electron chi connectivity index (χ4n) is 3.49. The normalized spacial score (nSPS) is 31.3. The summed E-state index contributed by atoms with van der Waals surface area (Å²) in [5, 5.41) is 13.6. The summed E-state index contributed by atoms with van der Waals surface area (Å²) < 4.78 is 0. The molecule has 0 radical (unpaired) electrons. The van der Waals surface area contributed by atoms with Crippen LogP contribution in [0.2, 0.25) is 0 Å². The molecule has 106 valence electrons. The predicted octanol–water partition coefficient (Wildman–Crippen LogP) is 3.34. The van der Waals surface area contributed by atoms with E-state index in [1.165, 1.54) is 38.5 Å². The minimum Gasteiger partial charge on any atom is -0.392 e. The molecular formula is C16H31NO. The molecule has 0 aromatic rings. The number of aliphatic hydroxyl groups excluding tert-OH is 1. The zero-order valence-corrected chi connectivity index (χ0v) is 12.4. The average molecular weight is 253 g/mol. The van der Waals surface area contributed by atoms with E-state index in [4.69, 9.17) is 0 Å². The molecule has 2 heteroatoms. The third-order valence-corrected chi connectivity index (χ3v) is 4.49. The Labute approximate surface area is 113 Å². The number of nitrogens with one attached hydrogen (secondary N) is 1. The van der Waals surface area contributed by atoms with Gasteiger partial charge >= 0.3 is 0 Å². The molecule has 0 amide bonds. The highest BCUT2D eigenvalue weighted by Gasteiger charge is 2.34. The molecule has 0 bridgehead atoms. The van der Waals surface area contributed by atoms with Crippen LogP contribution in [0.15, 0.2) is 0 Å². The Bertz CT molecular complexity index is 254. The predicted molar refractivity (Wildman–Crippen MR) is 76.6 cm³/mol. The van der Waals surface area contributed by atoms with Crippen molar-refractivity contribution < 1.29 is 5.11 Å². The van der Waals surface area contributed by atoms with E-state index < -0.39 is 0 Å². The van der Waals surface area contributed by atoms with E-state index in [2.05, 4.69) is 26.1 Å². The number of aliphatic hydroxyl groups is 1. The Morgan fingerprint density at radius 1 is 1.11 bits per heavy atom. The van der Waals surface area contributed by atoms with Crippen LogP contribution in [0.25, 0.3) is 0 Å². The third-order valence-electron chi connectivity index (χ3n) is 4.49. The first-order valence-corrected chi connectivity index (χ1v) is 7.85. The summed E-state index contributed by atoms with van der Waals surface area (Å²) in [5.41, 5.74) is 0.226. The summed E-state index contributed by atoms with van der Waals surface area (Å²) in [4.78, 5) is 0. The van der Waals surface area contributed by atoms with E-state index in [0.29, 0.717) is 6.04 Å². The molecule has 2 nitrogen and oxygen atoms in total. The van der Waals surface area contributed by atoms with Crippen molar-refractivity contribution in [1.29, 1.82) is 0 Å². The second-order valence-corrected chi connectivity index (χ2v) is 7.79. The topological polar surface area (TPSA) is 32.3 Å². The van der Waals surface area contributed by atoms with E-state index in [-0.39, 0.29) is 11.5 Å². The Kier molecular flexibility index (Phi) is 4.71. The van der Waals surface area contributed by atoms with Crippen molar-refractivity contribution in [3.8, 4) is 0 Å². The molecule has 2 rings (SSSR count). The lowest BCUT2D eigenvalue weighted by atomic mass is 9.82. The monoisotopic (exact) mass is 253 g/mol. The Balaban J connectivity index is 1.66. The first-order valence-electron chi connectivity index (χ1n) is 7.85. The van der Waals surface area contributed by atoms with E-state index in [1.807, 2.05) is 0 Å². The van der Waals surface area contributed by atoms with Crippen molar-refractivity contribution in [3.05, 3.63) is 0 Å². The van der Waals surface area contributed by atoms with Gasteiger partial charge in [-0.1, -0.05) is 33.6 Å². The van der Waals surface area contributed by atoms with E-state index in [0.717, 1.165) is 24.8 Å². The maximum Gasteiger partial charge on any atom is 0.0669 e. The number of hydrogen-bond acceptors (Lipinski definition) is 2. The van der Waals surface area contributed by atoms with Crippen LogP contribution in [0.5, 0.6) is 0 Å². The molecule has 3 atom stereocenters. The molecule has 0 aromatic carbocycles. The van der Waals surface area contributed by atoms with Gasteiger partial charge in [-0.2, -0.15) is 0 Å². The molecule has 0 saturated heterocycles. The molecule has 2 aliphatic rings. The van der Waals surface area contributed by atoms with Crippen LogP contribution in [0.1, 0.15) is 65.7 Å². The van der Waals surface area contributed by atoms with Crippen LogP contribution in [0.4, 0.5) is 0 Å². The van der Waals surface area contributed by atoms with E-state index in [9.17, 15) is 5.11 Å². The van der Waals surface area contributed by atoms with E-state index >= 15 is 0 Å². The fraction of sp³-hybridized carbons (Fsp3) is 1.00. The molecule has 0 spiro atoms. The van der Waals surface area contributed by atoms with Gasteiger partial charge in [-0.25, -0.2) is 0 Å². The summed E-state index contributed by atoms with van der Waals surface area (Å²) in [7, 11) is 0.